The van der Waals surface area contributed by atoms with Crippen LogP contribution in [-0.4, -0.2) is 24.2 Å². The molecule has 1 unspecified atom stereocenters. The van der Waals surface area contributed by atoms with Gasteiger partial charge in [-0.1, -0.05) is 0 Å². The van der Waals surface area contributed by atoms with Crippen molar-refractivity contribution in [2.75, 3.05) is 6.61 Å². The summed E-state index contributed by atoms with van der Waals surface area (Å²) < 4.78 is 11.1. The molecule has 1 amide bonds. The molecule has 0 spiro atoms. The second-order valence-corrected chi connectivity index (χ2v) is 5.71. The summed E-state index contributed by atoms with van der Waals surface area (Å²) in [4.78, 5) is 12.0. The third-order valence-electron chi connectivity index (χ3n) is 2.54. The van der Waals surface area contributed by atoms with Crippen LogP contribution in [0.3, 0.4) is 0 Å². The molecule has 1 rings (SSSR count). The first-order valence-corrected chi connectivity index (χ1v) is 6.92. The number of benzene rings is 1. The highest BCUT2D eigenvalue weighted by atomic mass is 16.5. The first kappa shape index (κ1) is 16.8. The van der Waals surface area contributed by atoms with Crippen molar-refractivity contribution < 1.29 is 14.3 Å². The van der Waals surface area contributed by atoms with Crippen molar-refractivity contribution in [3.05, 3.63) is 23.8 Å². The van der Waals surface area contributed by atoms with Gasteiger partial charge in [-0.05, 0) is 46.8 Å². The lowest BCUT2D eigenvalue weighted by atomic mass is 10.1. The lowest BCUT2D eigenvalue weighted by molar-refractivity contribution is -0.128. The van der Waals surface area contributed by atoms with E-state index in [9.17, 15) is 4.79 Å². The van der Waals surface area contributed by atoms with Gasteiger partial charge in [-0.2, -0.15) is 5.26 Å². The van der Waals surface area contributed by atoms with E-state index in [-0.39, 0.29) is 11.4 Å². The van der Waals surface area contributed by atoms with Crippen LogP contribution in [0.25, 0.3) is 0 Å². The topological polar surface area (TPSA) is 71.3 Å². The molecular formula is C16H22N2O3. The predicted molar refractivity (Wildman–Crippen MR) is 80.3 cm³/mol. The number of carbonyl (C=O) groups is 1. The fourth-order valence-corrected chi connectivity index (χ4v) is 1.66. The minimum Gasteiger partial charge on any atom is -0.490 e. The first-order chi connectivity index (χ1) is 9.76. The number of carbonyl (C=O) groups excluding carboxylic acids is 1. The Morgan fingerprint density at radius 1 is 1.38 bits per heavy atom. The number of hydrogen-bond donors (Lipinski definition) is 1. The van der Waals surface area contributed by atoms with Crippen LogP contribution in [-0.2, 0) is 4.79 Å². The molecule has 0 aliphatic rings. The summed E-state index contributed by atoms with van der Waals surface area (Å²) in [6, 6.07) is 6.92. The Balaban J connectivity index is 2.87. The van der Waals surface area contributed by atoms with Crippen LogP contribution in [0, 0.1) is 11.3 Å². The zero-order valence-electron chi connectivity index (χ0n) is 13.2. The molecule has 1 N–H and O–H groups in total. The Morgan fingerprint density at radius 2 is 2.05 bits per heavy atom. The maximum atomic E-state index is 12.0. The molecule has 0 aliphatic heterocycles. The zero-order valence-corrected chi connectivity index (χ0v) is 13.2. The van der Waals surface area contributed by atoms with Crippen molar-refractivity contribution in [1.29, 1.82) is 5.26 Å². The lowest BCUT2D eigenvalue weighted by Crippen LogP contribution is -2.46. The second-order valence-electron chi connectivity index (χ2n) is 5.71. The van der Waals surface area contributed by atoms with E-state index in [1.807, 2.05) is 33.8 Å². The van der Waals surface area contributed by atoms with Crippen molar-refractivity contribution in [3.8, 4) is 17.6 Å². The van der Waals surface area contributed by atoms with Gasteiger partial charge in [-0.25, -0.2) is 0 Å². The van der Waals surface area contributed by atoms with E-state index in [0.29, 0.717) is 23.7 Å². The Hall–Kier alpha value is -2.22. The molecular weight excluding hydrogens is 268 g/mol. The summed E-state index contributed by atoms with van der Waals surface area (Å²) in [5.74, 6) is 0.716. The van der Waals surface area contributed by atoms with E-state index in [2.05, 4.69) is 5.32 Å². The van der Waals surface area contributed by atoms with Crippen LogP contribution in [0.4, 0.5) is 0 Å². The van der Waals surface area contributed by atoms with Crippen molar-refractivity contribution in [1.82, 2.24) is 5.32 Å². The summed E-state index contributed by atoms with van der Waals surface area (Å²) in [5, 5.41) is 11.8. The number of hydrogen-bond acceptors (Lipinski definition) is 4. The van der Waals surface area contributed by atoms with Gasteiger partial charge in [-0.15, -0.1) is 0 Å². The summed E-state index contributed by atoms with van der Waals surface area (Å²) in [7, 11) is 0. The minimum absolute atomic E-state index is 0.200. The van der Waals surface area contributed by atoms with Gasteiger partial charge < -0.3 is 14.8 Å². The highest BCUT2D eigenvalue weighted by Gasteiger charge is 2.21. The van der Waals surface area contributed by atoms with Gasteiger partial charge in [-0.3, -0.25) is 4.79 Å². The highest BCUT2D eigenvalue weighted by Crippen LogP contribution is 2.29. The molecule has 5 heteroatoms. The van der Waals surface area contributed by atoms with E-state index >= 15 is 0 Å². The minimum atomic E-state index is -0.656. The molecule has 1 atom stereocenters. The molecule has 0 aromatic heterocycles. The van der Waals surface area contributed by atoms with Gasteiger partial charge in [0, 0.05) is 11.6 Å². The quantitative estimate of drug-likeness (QED) is 0.905. The van der Waals surface area contributed by atoms with Crippen molar-refractivity contribution in [3.63, 3.8) is 0 Å². The second kappa shape index (κ2) is 6.98. The molecule has 21 heavy (non-hydrogen) atoms. The summed E-state index contributed by atoms with van der Waals surface area (Å²) in [6.07, 6.45) is -0.656. The van der Waals surface area contributed by atoms with Crippen molar-refractivity contribution >= 4 is 5.91 Å². The van der Waals surface area contributed by atoms with Crippen molar-refractivity contribution in [2.24, 2.45) is 0 Å². The third kappa shape index (κ3) is 5.35. The monoisotopic (exact) mass is 290 g/mol. The summed E-state index contributed by atoms with van der Waals surface area (Å²) in [6.45, 7) is 9.70. The van der Waals surface area contributed by atoms with Gasteiger partial charge >= 0.3 is 0 Å². The number of nitriles is 1. The van der Waals surface area contributed by atoms with Gasteiger partial charge in [0.25, 0.3) is 5.91 Å². The molecule has 0 saturated heterocycles. The Morgan fingerprint density at radius 3 is 2.57 bits per heavy atom. The van der Waals surface area contributed by atoms with Crippen LogP contribution < -0.4 is 14.8 Å². The van der Waals surface area contributed by atoms with Gasteiger partial charge in [0.1, 0.15) is 0 Å². The Labute approximate surface area is 125 Å². The first-order valence-electron chi connectivity index (χ1n) is 6.92. The number of nitrogens with one attached hydrogen (secondary N) is 1. The average Bonchev–Trinajstić information content (AvgIpc) is 2.39. The SMILES string of the molecule is CCOc1cc(C#N)ccc1OC(C)C(=O)NC(C)(C)C. The number of rotatable bonds is 5. The zero-order chi connectivity index (χ0) is 16.0. The van der Waals surface area contributed by atoms with Crippen LogP contribution in [0.2, 0.25) is 0 Å². The van der Waals surface area contributed by atoms with Gasteiger partial charge in [0.15, 0.2) is 17.6 Å². The van der Waals surface area contributed by atoms with Crippen molar-refractivity contribution in [2.45, 2.75) is 46.3 Å². The summed E-state index contributed by atoms with van der Waals surface area (Å²) in [5.41, 5.74) is 0.167. The number of amides is 1. The smallest absolute Gasteiger partial charge is 0.261 e. The fourth-order valence-electron chi connectivity index (χ4n) is 1.66. The predicted octanol–water partition coefficient (Wildman–Crippen LogP) is 2.64. The standard InChI is InChI=1S/C16H22N2O3/c1-6-20-14-9-12(10-17)7-8-13(14)21-11(2)15(19)18-16(3,4)5/h7-9,11H,6H2,1-5H3,(H,18,19). The molecule has 5 nitrogen and oxygen atoms in total. The Kier molecular flexibility index (Phi) is 5.60. The lowest BCUT2D eigenvalue weighted by Gasteiger charge is -2.24. The molecule has 114 valence electrons. The third-order valence-corrected chi connectivity index (χ3v) is 2.54. The van der Waals surface area contributed by atoms with E-state index in [0.717, 1.165) is 0 Å². The maximum Gasteiger partial charge on any atom is 0.261 e. The normalized spacial score (nSPS) is 12.2. The number of ether oxygens (including phenoxy) is 2. The molecule has 0 radical (unpaired) electrons. The van der Waals surface area contributed by atoms with Crippen LogP contribution in [0.1, 0.15) is 40.2 Å². The molecule has 0 bridgehead atoms. The Bertz CT molecular complexity index is 541. The summed E-state index contributed by atoms with van der Waals surface area (Å²) >= 11 is 0. The molecule has 0 saturated carbocycles. The van der Waals surface area contributed by atoms with E-state index in [1.165, 1.54) is 0 Å². The van der Waals surface area contributed by atoms with Crippen LogP contribution >= 0.6 is 0 Å². The molecule has 1 aromatic rings. The van der Waals surface area contributed by atoms with Crippen LogP contribution in [0.5, 0.6) is 11.5 Å². The van der Waals surface area contributed by atoms with E-state index in [4.69, 9.17) is 14.7 Å². The average molecular weight is 290 g/mol. The van der Waals surface area contributed by atoms with E-state index < -0.39 is 6.10 Å². The molecule has 0 heterocycles. The van der Waals surface area contributed by atoms with E-state index in [1.54, 1.807) is 25.1 Å². The number of nitrogens with zero attached hydrogens (tertiary/aromatic N) is 1. The fraction of sp³-hybridized carbons (Fsp3) is 0.500. The largest absolute Gasteiger partial charge is 0.490 e. The molecule has 0 fully saturated rings. The van der Waals surface area contributed by atoms with Gasteiger partial charge in [0.2, 0.25) is 0 Å². The van der Waals surface area contributed by atoms with Gasteiger partial charge in [0.05, 0.1) is 18.2 Å². The molecule has 1 aromatic carbocycles. The molecule has 0 aliphatic carbocycles. The highest BCUT2D eigenvalue weighted by molar-refractivity contribution is 5.81. The maximum absolute atomic E-state index is 12.0. The van der Waals surface area contributed by atoms with Crippen LogP contribution in [0.15, 0.2) is 18.2 Å².